The highest BCUT2D eigenvalue weighted by Gasteiger charge is 2.67. The molecular formula is C29H30. The summed E-state index contributed by atoms with van der Waals surface area (Å²) in [5, 5.41) is 0. The average Bonchev–Trinajstić information content (AvgIpc) is 3.53. The Balaban J connectivity index is 1.35. The highest BCUT2D eigenvalue weighted by molar-refractivity contribution is 5.81. The summed E-state index contributed by atoms with van der Waals surface area (Å²) >= 11 is 0. The molecule has 0 radical (unpaired) electrons. The largest absolute Gasteiger partial charge is 0.103 e. The predicted molar refractivity (Wildman–Crippen MR) is 119 cm³/mol. The Morgan fingerprint density at radius 1 is 0.655 bits per heavy atom. The van der Waals surface area contributed by atoms with Crippen molar-refractivity contribution in [3.8, 4) is 11.1 Å². The van der Waals surface area contributed by atoms with Crippen molar-refractivity contribution in [1.29, 1.82) is 0 Å². The number of allylic oxidation sites excluding steroid dienone is 2. The molecule has 5 aliphatic carbocycles. The highest BCUT2D eigenvalue weighted by atomic mass is 14.7. The van der Waals surface area contributed by atoms with Gasteiger partial charge in [-0.15, -0.1) is 13.2 Å². The first-order valence-electron chi connectivity index (χ1n) is 11.7. The van der Waals surface area contributed by atoms with E-state index in [4.69, 9.17) is 0 Å². The summed E-state index contributed by atoms with van der Waals surface area (Å²) in [4.78, 5) is 0. The zero-order chi connectivity index (χ0) is 19.3. The van der Waals surface area contributed by atoms with Crippen LogP contribution in [-0.2, 0) is 5.41 Å². The number of hydrogen-bond donors (Lipinski definition) is 0. The summed E-state index contributed by atoms with van der Waals surface area (Å²) in [7, 11) is 0. The van der Waals surface area contributed by atoms with E-state index in [9.17, 15) is 0 Å². The third kappa shape index (κ3) is 1.83. The monoisotopic (exact) mass is 378 g/mol. The molecule has 0 saturated heterocycles. The first-order valence-corrected chi connectivity index (χ1v) is 11.7. The quantitative estimate of drug-likeness (QED) is 0.500. The zero-order valence-corrected chi connectivity index (χ0v) is 17.1. The van der Waals surface area contributed by atoms with Crippen molar-refractivity contribution in [2.45, 2.75) is 31.1 Å². The molecule has 4 saturated carbocycles. The SMILES string of the molecule is C=CC1CC(C=C)C2C3CC(C4CC5(CC43)c3ccccc3-c3ccccc35)C12. The zero-order valence-electron chi connectivity index (χ0n) is 17.1. The molecule has 5 aliphatic rings. The molecule has 0 heterocycles. The third-order valence-electron chi connectivity index (χ3n) is 10.1. The fraction of sp³-hybridized carbons (Fsp3) is 0.448. The summed E-state index contributed by atoms with van der Waals surface area (Å²) in [6.45, 7) is 8.47. The minimum absolute atomic E-state index is 0.269. The molecule has 0 aromatic heterocycles. The molecule has 8 unspecified atom stereocenters. The molecule has 0 aliphatic heterocycles. The lowest BCUT2D eigenvalue weighted by molar-refractivity contribution is 0.113. The Hall–Kier alpha value is -2.08. The van der Waals surface area contributed by atoms with E-state index in [-0.39, 0.29) is 5.41 Å². The minimum Gasteiger partial charge on any atom is -0.103 e. The molecule has 1 spiro atoms. The fourth-order valence-corrected chi connectivity index (χ4v) is 9.45. The average molecular weight is 379 g/mol. The first kappa shape index (κ1) is 16.7. The molecule has 2 bridgehead atoms. The van der Waals surface area contributed by atoms with E-state index < -0.39 is 0 Å². The molecule has 146 valence electrons. The minimum atomic E-state index is 0.269. The van der Waals surface area contributed by atoms with Gasteiger partial charge in [-0.3, -0.25) is 0 Å². The van der Waals surface area contributed by atoms with Crippen molar-refractivity contribution >= 4 is 0 Å². The predicted octanol–water partition coefficient (Wildman–Crippen LogP) is 6.87. The molecule has 7 rings (SSSR count). The molecular weight excluding hydrogens is 348 g/mol. The van der Waals surface area contributed by atoms with Gasteiger partial charge in [0.25, 0.3) is 0 Å². The van der Waals surface area contributed by atoms with Gasteiger partial charge in [0.05, 0.1) is 0 Å². The number of fused-ring (bicyclic) bond motifs is 13. The lowest BCUT2D eigenvalue weighted by Gasteiger charge is -2.37. The molecule has 0 N–H and O–H groups in total. The topological polar surface area (TPSA) is 0 Å². The van der Waals surface area contributed by atoms with Gasteiger partial charge in [-0.25, -0.2) is 0 Å². The Morgan fingerprint density at radius 2 is 1.14 bits per heavy atom. The molecule has 0 heteroatoms. The lowest BCUT2D eigenvalue weighted by atomic mass is 9.67. The maximum atomic E-state index is 4.24. The maximum Gasteiger partial charge on any atom is 0.0220 e. The second-order valence-electron chi connectivity index (χ2n) is 10.7. The normalized spacial score (nSPS) is 41.8. The van der Waals surface area contributed by atoms with E-state index in [0.29, 0.717) is 0 Å². The Kier molecular flexibility index (Phi) is 3.19. The second kappa shape index (κ2) is 5.54. The Bertz CT molecular complexity index is 946. The summed E-state index contributed by atoms with van der Waals surface area (Å²) in [6, 6.07) is 18.6. The molecule has 29 heavy (non-hydrogen) atoms. The van der Waals surface area contributed by atoms with Crippen LogP contribution in [0.4, 0.5) is 0 Å². The third-order valence-corrected chi connectivity index (χ3v) is 10.1. The van der Waals surface area contributed by atoms with Crippen LogP contribution in [0.2, 0.25) is 0 Å². The van der Waals surface area contributed by atoms with Gasteiger partial charge in [0.2, 0.25) is 0 Å². The van der Waals surface area contributed by atoms with E-state index in [2.05, 4.69) is 73.8 Å². The van der Waals surface area contributed by atoms with Crippen LogP contribution in [0.1, 0.15) is 36.8 Å². The van der Waals surface area contributed by atoms with Gasteiger partial charge >= 0.3 is 0 Å². The van der Waals surface area contributed by atoms with Crippen LogP contribution in [-0.4, -0.2) is 0 Å². The highest BCUT2D eigenvalue weighted by Crippen LogP contribution is 2.74. The van der Waals surface area contributed by atoms with E-state index in [1.807, 2.05) is 0 Å². The van der Waals surface area contributed by atoms with E-state index in [1.165, 1.54) is 36.8 Å². The van der Waals surface area contributed by atoms with Crippen molar-refractivity contribution in [3.63, 3.8) is 0 Å². The van der Waals surface area contributed by atoms with Crippen LogP contribution in [0.5, 0.6) is 0 Å². The van der Waals surface area contributed by atoms with Crippen LogP contribution in [0, 0.1) is 47.3 Å². The summed E-state index contributed by atoms with van der Waals surface area (Å²) < 4.78 is 0. The molecule has 4 fully saturated rings. The summed E-state index contributed by atoms with van der Waals surface area (Å²) in [5.41, 5.74) is 6.53. The molecule has 2 aromatic rings. The Labute approximate surface area is 174 Å². The van der Waals surface area contributed by atoms with Crippen molar-refractivity contribution < 1.29 is 0 Å². The van der Waals surface area contributed by atoms with E-state index >= 15 is 0 Å². The number of rotatable bonds is 2. The van der Waals surface area contributed by atoms with Crippen molar-refractivity contribution in [3.05, 3.63) is 85.0 Å². The van der Waals surface area contributed by atoms with Crippen molar-refractivity contribution in [2.24, 2.45) is 47.3 Å². The fourth-order valence-electron chi connectivity index (χ4n) is 9.45. The van der Waals surface area contributed by atoms with Crippen LogP contribution in [0.15, 0.2) is 73.8 Å². The summed E-state index contributed by atoms with van der Waals surface area (Å²) in [6.07, 6.45) is 10.1. The first-order chi connectivity index (χ1) is 14.3. The van der Waals surface area contributed by atoms with Crippen molar-refractivity contribution in [2.75, 3.05) is 0 Å². The lowest BCUT2D eigenvalue weighted by Crippen LogP contribution is -2.33. The van der Waals surface area contributed by atoms with Crippen LogP contribution in [0.25, 0.3) is 11.1 Å². The van der Waals surface area contributed by atoms with Gasteiger partial charge in [-0.05, 0) is 95.3 Å². The van der Waals surface area contributed by atoms with Gasteiger partial charge in [-0.1, -0.05) is 60.7 Å². The Morgan fingerprint density at radius 3 is 1.62 bits per heavy atom. The molecule has 8 atom stereocenters. The maximum absolute atomic E-state index is 4.24. The standard InChI is InChI=1S/C29H30/c1-3-17-13-18(4-2)28-22-14-21(27(17)28)23-15-29(16-24(22)23)25-11-7-5-9-19(25)20-10-6-8-12-26(20)29/h3-12,17-18,21-24,27-28H,1-2,13-16H2. The van der Waals surface area contributed by atoms with Gasteiger partial charge in [-0.2, -0.15) is 0 Å². The van der Waals surface area contributed by atoms with Crippen LogP contribution in [0.3, 0.4) is 0 Å². The molecule has 0 nitrogen and oxygen atoms in total. The molecule has 2 aromatic carbocycles. The van der Waals surface area contributed by atoms with E-state index in [0.717, 1.165) is 47.3 Å². The van der Waals surface area contributed by atoms with Gasteiger partial charge < -0.3 is 0 Å². The number of benzene rings is 2. The van der Waals surface area contributed by atoms with Gasteiger partial charge in [0, 0.05) is 5.41 Å². The van der Waals surface area contributed by atoms with E-state index in [1.54, 1.807) is 11.1 Å². The van der Waals surface area contributed by atoms with Gasteiger partial charge in [0.1, 0.15) is 0 Å². The summed E-state index contributed by atoms with van der Waals surface area (Å²) in [5.74, 6) is 6.85. The second-order valence-corrected chi connectivity index (χ2v) is 10.7. The van der Waals surface area contributed by atoms with Gasteiger partial charge in [0.15, 0.2) is 0 Å². The van der Waals surface area contributed by atoms with Crippen LogP contribution >= 0.6 is 0 Å². The van der Waals surface area contributed by atoms with Crippen LogP contribution < -0.4 is 0 Å². The van der Waals surface area contributed by atoms with Crippen molar-refractivity contribution in [1.82, 2.24) is 0 Å². The smallest absolute Gasteiger partial charge is 0.0220 e. The molecule has 0 amide bonds. The number of hydrogen-bond acceptors (Lipinski definition) is 0.